The summed E-state index contributed by atoms with van der Waals surface area (Å²) in [6.07, 6.45) is 2.05. The first-order chi connectivity index (χ1) is 7.24. The fourth-order valence-corrected chi connectivity index (χ4v) is 1.45. The number of rotatable bonds is 5. The SMILES string of the molecule is O=CCCCNC(=O)c1ccc(I)cc1. The molecule has 0 radical (unpaired) electrons. The molecule has 0 aliphatic rings. The zero-order chi connectivity index (χ0) is 11.1. The van der Waals surface area contributed by atoms with Crippen LogP contribution in [0.2, 0.25) is 0 Å². The predicted molar refractivity (Wildman–Crippen MR) is 66.8 cm³/mol. The van der Waals surface area contributed by atoms with Crippen LogP contribution in [-0.2, 0) is 4.79 Å². The van der Waals surface area contributed by atoms with Crippen molar-refractivity contribution in [1.29, 1.82) is 0 Å². The van der Waals surface area contributed by atoms with Crippen molar-refractivity contribution in [3.63, 3.8) is 0 Å². The first kappa shape index (κ1) is 12.2. The first-order valence-corrected chi connectivity index (χ1v) is 5.79. The van der Waals surface area contributed by atoms with Crippen molar-refractivity contribution in [2.75, 3.05) is 6.54 Å². The van der Waals surface area contributed by atoms with Gasteiger partial charge in [0.2, 0.25) is 0 Å². The summed E-state index contributed by atoms with van der Waals surface area (Å²) >= 11 is 2.19. The van der Waals surface area contributed by atoms with E-state index in [1.165, 1.54) is 0 Å². The second-order valence-electron chi connectivity index (χ2n) is 3.07. The van der Waals surface area contributed by atoms with Crippen molar-refractivity contribution >= 4 is 34.8 Å². The van der Waals surface area contributed by atoms with E-state index < -0.39 is 0 Å². The summed E-state index contributed by atoms with van der Waals surface area (Å²) < 4.78 is 1.10. The van der Waals surface area contributed by atoms with Crippen molar-refractivity contribution in [1.82, 2.24) is 5.32 Å². The molecule has 4 heteroatoms. The Morgan fingerprint density at radius 1 is 1.33 bits per heavy atom. The van der Waals surface area contributed by atoms with E-state index in [0.29, 0.717) is 24.9 Å². The molecular formula is C11H12INO2. The van der Waals surface area contributed by atoms with Crippen LogP contribution in [0.25, 0.3) is 0 Å². The average molecular weight is 317 g/mol. The van der Waals surface area contributed by atoms with Gasteiger partial charge in [-0.2, -0.15) is 0 Å². The quantitative estimate of drug-likeness (QED) is 0.513. The molecule has 0 unspecified atom stereocenters. The van der Waals surface area contributed by atoms with E-state index in [2.05, 4.69) is 27.9 Å². The van der Waals surface area contributed by atoms with Gasteiger partial charge in [0, 0.05) is 22.1 Å². The molecule has 0 saturated heterocycles. The average Bonchev–Trinajstić information content (AvgIpc) is 2.25. The fourth-order valence-electron chi connectivity index (χ4n) is 1.09. The molecule has 1 rings (SSSR count). The third-order valence-electron chi connectivity index (χ3n) is 1.89. The number of carbonyl (C=O) groups excluding carboxylic acids is 2. The molecule has 0 aromatic heterocycles. The van der Waals surface area contributed by atoms with Gasteiger partial charge in [0.05, 0.1) is 0 Å². The summed E-state index contributed by atoms with van der Waals surface area (Å²) in [4.78, 5) is 21.6. The lowest BCUT2D eigenvalue weighted by Crippen LogP contribution is -2.24. The summed E-state index contributed by atoms with van der Waals surface area (Å²) in [5.41, 5.74) is 0.654. The number of hydrogen-bond acceptors (Lipinski definition) is 2. The molecule has 0 aliphatic heterocycles. The standard InChI is InChI=1S/C11H12INO2/c12-10-5-3-9(4-6-10)11(15)13-7-1-2-8-14/h3-6,8H,1-2,7H2,(H,13,15). The van der Waals surface area contributed by atoms with Crippen LogP contribution >= 0.6 is 22.6 Å². The van der Waals surface area contributed by atoms with Gasteiger partial charge in [0.15, 0.2) is 0 Å². The van der Waals surface area contributed by atoms with Gasteiger partial charge in [-0.25, -0.2) is 0 Å². The van der Waals surface area contributed by atoms with Gasteiger partial charge < -0.3 is 10.1 Å². The third kappa shape index (κ3) is 4.42. The Balaban J connectivity index is 2.40. The normalized spacial score (nSPS) is 9.67. The Labute approximate surface area is 102 Å². The summed E-state index contributed by atoms with van der Waals surface area (Å²) in [5, 5.41) is 2.75. The van der Waals surface area contributed by atoms with Crippen molar-refractivity contribution < 1.29 is 9.59 Å². The minimum atomic E-state index is -0.0858. The number of amides is 1. The van der Waals surface area contributed by atoms with Gasteiger partial charge in [0.1, 0.15) is 6.29 Å². The largest absolute Gasteiger partial charge is 0.352 e. The highest BCUT2D eigenvalue weighted by atomic mass is 127. The summed E-state index contributed by atoms with van der Waals surface area (Å²) in [6.45, 7) is 0.545. The van der Waals surface area contributed by atoms with Crippen LogP contribution in [0.3, 0.4) is 0 Å². The molecule has 1 aromatic carbocycles. The van der Waals surface area contributed by atoms with E-state index in [1.54, 1.807) is 12.1 Å². The van der Waals surface area contributed by atoms with Crippen LogP contribution in [0.1, 0.15) is 23.2 Å². The smallest absolute Gasteiger partial charge is 0.251 e. The minimum absolute atomic E-state index is 0.0858. The maximum absolute atomic E-state index is 11.5. The molecule has 3 nitrogen and oxygen atoms in total. The lowest BCUT2D eigenvalue weighted by molar-refractivity contribution is -0.107. The number of unbranched alkanes of at least 4 members (excludes halogenated alkanes) is 1. The maximum atomic E-state index is 11.5. The first-order valence-electron chi connectivity index (χ1n) is 4.71. The molecule has 0 atom stereocenters. The van der Waals surface area contributed by atoms with E-state index in [1.807, 2.05) is 12.1 Å². The summed E-state index contributed by atoms with van der Waals surface area (Å²) in [7, 11) is 0. The van der Waals surface area contributed by atoms with Gasteiger partial charge >= 0.3 is 0 Å². The third-order valence-corrected chi connectivity index (χ3v) is 2.61. The van der Waals surface area contributed by atoms with Gasteiger partial charge in [-0.05, 0) is 53.3 Å². The Hall–Kier alpha value is -0.910. The molecule has 0 heterocycles. The van der Waals surface area contributed by atoms with E-state index in [4.69, 9.17) is 0 Å². The highest BCUT2D eigenvalue weighted by Gasteiger charge is 2.03. The Morgan fingerprint density at radius 3 is 2.60 bits per heavy atom. The molecular weight excluding hydrogens is 305 g/mol. The van der Waals surface area contributed by atoms with Crippen molar-refractivity contribution in [2.24, 2.45) is 0 Å². The maximum Gasteiger partial charge on any atom is 0.251 e. The molecule has 0 bridgehead atoms. The van der Waals surface area contributed by atoms with Gasteiger partial charge in [-0.15, -0.1) is 0 Å². The van der Waals surface area contributed by atoms with Crippen LogP contribution in [0, 0.1) is 3.57 Å². The molecule has 1 aromatic rings. The number of benzene rings is 1. The molecule has 15 heavy (non-hydrogen) atoms. The van der Waals surface area contributed by atoms with E-state index in [-0.39, 0.29) is 5.91 Å². The van der Waals surface area contributed by atoms with Crippen LogP contribution in [-0.4, -0.2) is 18.7 Å². The van der Waals surface area contributed by atoms with Crippen LogP contribution < -0.4 is 5.32 Å². The van der Waals surface area contributed by atoms with Gasteiger partial charge in [-0.3, -0.25) is 4.79 Å². The zero-order valence-electron chi connectivity index (χ0n) is 8.20. The van der Waals surface area contributed by atoms with Crippen molar-refractivity contribution in [3.8, 4) is 0 Å². The Morgan fingerprint density at radius 2 is 2.00 bits per heavy atom. The lowest BCUT2D eigenvalue weighted by atomic mass is 10.2. The van der Waals surface area contributed by atoms with Crippen molar-refractivity contribution in [2.45, 2.75) is 12.8 Å². The van der Waals surface area contributed by atoms with Crippen LogP contribution in [0.5, 0.6) is 0 Å². The van der Waals surface area contributed by atoms with Crippen LogP contribution in [0.15, 0.2) is 24.3 Å². The zero-order valence-corrected chi connectivity index (χ0v) is 10.4. The number of aldehydes is 1. The second kappa shape index (κ2) is 6.55. The molecule has 1 amide bonds. The fraction of sp³-hybridized carbons (Fsp3) is 0.273. The number of nitrogens with one attached hydrogen (secondary N) is 1. The number of halogens is 1. The van der Waals surface area contributed by atoms with Crippen LogP contribution in [0.4, 0.5) is 0 Å². The Kier molecular flexibility index (Phi) is 5.31. The highest BCUT2D eigenvalue weighted by molar-refractivity contribution is 14.1. The van der Waals surface area contributed by atoms with Gasteiger partial charge in [0.25, 0.3) is 5.91 Å². The Bertz CT molecular complexity index is 335. The van der Waals surface area contributed by atoms with Gasteiger partial charge in [-0.1, -0.05) is 0 Å². The predicted octanol–water partition coefficient (Wildman–Crippen LogP) is 2.00. The topological polar surface area (TPSA) is 46.2 Å². The second-order valence-corrected chi connectivity index (χ2v) is 4.32. The highest BCUT2D eigenvalue weighted by Crippen LogP contribution is 2.06. The van der Waals surface area contributed by atoms with E-state index in [9.17, 15) is 9.59 Å². The van der Waals surface area contributed by atoms with E-state index >= 15 is 0 Å². The summed E-state index contributed by atoms with van der Waals surface area (Å²) in [6, 6.07) is 7.36. The molecule has 0 saturated carbocycles. The molecule has 1 N–H and O–H groups in total. The number of carbonyl (C=O) groups is 2. The molecule has 80 valence electrons. The summed E-state index contributed by atoms with van der Waals surface area (Å²) in [5.74, 6) is -0.0858. The lowest BCUT2D eigenvalue weighted by Gasteiger charge is -2.03. The minimum Gasteiger partial charge on any atom is -0.352 e. The van der Waals surface area contributed by atoms with Crippen molar-refractivity contribution in [3.05, 3.63) is 33.4 Å². The number of hydrogen-bond donors (Lipinski definition) is 1. The molecule has 0 aliphatic carbocycles. The molecule has 0 spiro atoms. The van der Waals surface area contributed by atoms with E-state index in [0.717, 1.165) is 9.86 Å². The monoisotopic (exact) mass is 317 g/mol. The molecule has 0 fully saturated rings.